The molecule has 0 aromatic rings. The molecule has 364 valence electrons. The lowest BCUT2D eigenvalue weighted by atomic mass is 9.94. The number of rotatable bonds is 51. The predicted molar refractivity (Wildman–Crippen MR) is 264 cm³/mol. The highest BCUT2D eigenvalue weighted by molar-refractivity contribution is 5.72. The summed E-state index contributed by atoms with van der Waals surface area (Å²) in [4.78, 5) is 28.6. The Morgan fingerprint density at radius 2 is 0.590 bits per heavy atom. The number of carbonyl (C=O) groups is 2. The van der Waals surface area contributed by atoms with Crippen molar-refractivity contribution >= 4 is 11.9 Å². The SMILES string of the molecule is CCCCCCCCC(CCCCCC)C(=O)OCCCCCCCCCN(CCCCO)CCCCCCCCCOC(=O)C(CCCCCCC)CCCCCCCC. The third kappa shape index (κ3) is 42.6. The van der Waals surface area contributed by atoms with E-state index in [1.807, 2.05) is 0 Å². The molecule has 0 bridgehead atoms. The summed E-state index contributed by atoms with van der Waals surface area (Å²) in [6.45, 7) is 14.0. The summed E-state index contributed by atoms with van der Waals surface area (Å²) in [7, 11) is 0. The zero-order valence-electron chi connectivity index (χ0n) is 41.9. The molecule has 0 saturated heterocycles. The molecule has 6 heteroatoms. The maximum atomic E-state index is 13.0. The Kier molecular flexibility index (Phi) is 48.9. The first kappa shape index (κ1) is 59.9. The number of ether oxygens (including phenoxy) is 2. The van der Waals surface area contributed by atoms with Crippen molar-refractivity contribution in [3.8, 4) is 0 Å². The third-order valence-corrected chi connectivity index (χ3v) is 13.1. The summed E-state index contributed by atoms with van der Waals surface area (Å²) >= 11 is 0. The monoisotopic (exact) mass is 864 g/mol. The molecule has 61 heavy (non-hydrogen) atoms. The van der Waals surface area contributed by atoms with Crippen LogP contribution in [0.2, 0.25) is 0 Å². The second-order valence-corrected chi connectivity index (χ2v) is 19.1. The Morgan fingerprint density at radius 1 is 0.344 bits per heavy atom. The first-order chi connectivity index (χ1) is 30.0. The minimum atomic E-state index is 0.0743. The van der Waals surface area contributed by atoms with Crippen LogP contribution in [0.3, 0.4) is 0 Å². The van der Waals surface area contributed by atoms with E-state index in [2.05, 4.69) is 32.6 Å². The number of hydrogen-bond acceptors (Lipinski definition) is 6. The van der Waals surface area contributed by atoms with E-state index in [0.717, 1.165) is 83.6 Å². The Hall–Kier alpha value is -1.14. The second kappa shape index (κ2) is 49.9. The van der Waals surface area contributed by atoms with E-state index < -0.39 is 0 Å². The average molecular weight is 864 g/mol. The number of nitrogens with zero attached hydrogens (tertiary/aromatic N) is 1. The largest absolute Gasteiger partial charge is 0.465 e. The lowest BCUT2D eigenvalue weighted by Gasteiger charge is -2.22. The van der Waals surface area contributed by atoms with Crippen molar-refractivity contribution in [1.82, 2.24) is 4.90 Å². The van der Waals surface area contributed by atoms with Crippen LogP contribution < -0.4 is 0 Å². The van der Waals surface area contributed by atoms with Crippen LogP contribution in [0.15, 0.2) is 0 Å². The van der Waals surface area contributed by atoms with Gasteiger partial charge >= 0.3 is 11.9 Å². The molecule has 0 aromatic carbocycles. The van der Waals surface area contributed by atoms with E-state index in [0.29, 0.717) is 19.8 Å². The standard InChI is InChI=1S/C55H109NO5/c1-5-9-13-17-26-34-44-52(42-32-16-12-8-4)54(58)60-50-40-30-23-19-21-28-36-46-56(48-38-39-49-57)47-37-29-22-20-24-31-41-51-61-55(59)53(43-33-25-15-11-7-3)45-35-27-18-14-10-6-2/h52-53,57H,5-51H2,1-4H3. The summed E-state index contributed by atoms with van der Waals surface area (Å²) < 4.78 is 11.7. The third-order valence-electron chi connectivity index (χ3n) is 13.1. The number of carbonyl (C=O) groups excluding carboxylic acids is 2. The highest BCUT2D eigenvalue weighted by Gasteiger charge is 2.20. The van der Waals surface area contributed by atoms with Gasteiger partial charge in [0.05, 0.1) is 25.0 Å². The molecule has 0 radical (unpaired) electrons. The molecular weight excluding hydrogens is 755 g/mol. The highest BCUT2D eigenvalue weighted by atomic mass is 16.5. The molecular formula is C55H109NO5. The zero-order valence-corrected chi connectivity index (χ0v) is 41.9. The van der Waals surface area contributed by atoms with Crippen LogP contribution in [0.1, 0.15) is 291 Å². The Morgan fingerprint density at radius 3 is 0.902 bits per heavy atom. The van der Waals surface area contributed by atoms with E-state index >= 15 is 0 Å². The number of aliphatic hydroxyl groups excluding tert-OH is 1. The molecule has 0 aliphatic carbocycles. The van der Waals surface area contributed by atoms with Gasteiger partial charge in [-0.15, -0.1) is 0 Å². The van der Waals surface area contributed by atoms with Crippen LogP contribution in [0.4, 0.5) is 0 Å². The van der Waals surface area contributed by atoms with Crippen LogP contribution in [0, 0.1) is 11.8 Å². The first-order valence-electron chi connectivity index (χ1n) is 27.7. The number of hydrogen-bond donors (Lipinski definition) is 1. The molecule has 0 aliphatic heterocycles. The van der Waals surface area contributed by atoms with Crippen molar-refractivity contribution in [3.05, 3.63) is 0 Å². The molecule has 0 aliphatic rings. The van der Waals surface area contributed by atoms with Gasteiger partial charge in [0.15, 0.2) is 0 Å². The minimum absolute atomic E-state index is 0.0743. The predicted octanol–water partition coefficient (Wildman–Crippen LogP) is 16.7. The fraction of sp³-hybridized carbons (Fsp3) is 0.964. The molecule has 0 fully saturated rings. The highest BCUT2D eigenvalue weighted by Crippen LogP contribution is 2.23. The molecule has 6 nitrogen and oxygen atoms in total. The number of aliphatic hydroxyl groups is 1. The molecule has 2 atom stereocenters. The summed E-state index contributed by atoms with van der Waals surface area (Å²) in [6, 6.07) is 0. The van der Waals surface area contributed by atoms with E-state index in [9.17, 15) is 14.7 Å². The van der Waals surface area contributed by atoms with E-state index in [-0.39, 0.29) is 23.8 Å². The fourth-order valence-electron chi connectivity index (χ4n) is 8.92. The zero-order chi connectivity index (χ0) is 44.5. The average Bonchev–Trinajstić information content (AvgIpc) is 3.26. The van der Waals surface area contributed by atoms with Crippen LogP contribution >= 0.6 is 0 Å². The summed E-state index contributed by atoms with van der Waals surface area (Å²) in [5.74, 6) is 0.372. The van der Waals surface area contributed by atoms with Crippen molar-refractivity contribution in [2.75, 3.05) is 39.5 Å². The summed E-state index contributed by atoms with van der Waals surface area (Å²) in [5.41, 5.74) is 0. The normalized spacial score (nSPS) is 12.6. The van der Waals surface area contributed by atoms with E-state index in [1.165, 1.54) is 199 Å². The lowest BCUT2D eigenvalue weighted by molar-refractivity contribution is -0.150. The summed E-state index contributed by atoms with van der Waals surface area (Å²) in [6.07, 6.45) is 49.6. The molecule has 2 unspecified atom stereocenters. The first-order valence-corrected chi connectivity index (χ1v) is 27.7. The van der Waals surface area contributed by atoms with Crippen molar-refractivity contribution in [2.24, 2.45) is 11.8 Å². The van der Waals surface area contributed by atoms with Gasteiger partial charge in [-0.1, -0.05) is 227 Å². The Bertz CT molecular complexity index is 882. The van der Waals surface area contributed by atoms with Gasteiger partial charge in [-0.3, -0.25) is 9.59 Å². The van der Waals surface area contributed by atoms with Crippen LogP contribution in [0.25, 0.3) is 0 Å². The maximum absolute atomic E-state index is 13.0. The Labute approximate surface area is 382 Å². The van der Waals surface area contributed by atoms with Gasteiger partial charge in [0.25, 0.3) is 0 Å². The van der Waals surface area contributed by atoms with Gasteiger partial charge in [-0.2, -0.15) is 0 Å². The van der Waals surface area contributed by atoms with Gasteiger partial charge < -0.3 is 19.5 Å². The van der Waals surface area contributed by atoms with E-state index in [4.69, 9.17) is 9.47 Å². The molecule has 1 N–H and O–H groups in total. The minimum Gasteiger partial charge on any atom is -0.465 e. The fourth-order valence-corrected chi connectivity index (χ4v) is 8.92. The van der Waals surface area contributed by atoms with Crippen LogP contribution in [-0.2, 0) is 19.1 Å². The second-order valence-electron chi connectivity index (χ2n) is 19.1. The van der Waals surface area contributed by atoms with E-state index in [1.54, 1.807) is 0 Å². The quantitative estimate of drug-likeness (QED) is 0.0485. The van der Waals surface area contributed by atoms with Crippen molar-refractivity contribution in [2.45, 2.75) is 291 Å². The van der Waals surface area contributed by atoms with Gasteiger partial charge in [0, 0.05) is 6.61 Å². The molecule has 0 heterocycles. The Balaban J connectivity index is 4.15. The maximum Gasteiger partial charge on any atom is 0.308 e. The number of unbranched alkanes of at least 4 members (excludes halogenated alkanes) is 30. The van der Waals surface area contributed by atoms with Gasteiger partial charge in [0.2, 0.25) is 0 Å². The van der Waals surface area contributed by atoms with Crippen molar-refractivity contribution in [3.63, 3.8) is 0 Å². The topological polar surface area (TPSA) is 76.1 Å². The van der Waals surface area contributed by atoms with Gasteiger partial charge in [-0.25, -0.2) is 0 Å². The lowest BCUT2D eigenvalue weighted by Crippen LogP contribution is -2.27. The van der Waals surface area contributed by atoms with Crippen molar-refractivity contribution < 1.29 is 24.2 Å². The smallest absolute Gasteiger partial charge is 0.308 e. The van der Waals surface area contributed by atoms with Crippen molar-refractivity contribution in [1.29, 1.82) is 0 Å². The molecule has 0 rings (SSSR count). The molecule has 0 saturated carbocycles. The van der Waals surface area contributed by atoms with Crippen LogP contribution in [0.5, 0.6) is 0 Å². The van der Waals surface area contributed by atoms with Gasteiger partial charge in [-0.05, 0) is 83.8 Å². The molecule has 0 aromatic heterocycles. The summed E-state index contributed by atoms with van der Waals surface area (Å²) in [5, 5.41) is 9.34. The number of esters is 2. The van der Waals surface area contributed by atoms with Crippen LogP contribution in [-0.4, -0.2) is 61.4 Å². The molecule has 0 spiro atoms. The molecule has 0 amide bonds. The van der Waals surface area contributed by atoms with Gasteiger partial charge in [0.1, 0.15) is 0 Å².